The number of rotatable bonds is 7. The number of para-hydroxylation sites is 1. The highest BCUT2D eigenvalue weighted by Crippen LogP contribution is 2.16. The van der Waals surface area contributed by atoms with Crippen LogP contribution in [-0.2, 0) is 6.54 Å². The standard InChI is InChI=1S/C19H28N4/c1-4-15(5-2)13-22-19(20-6-3)23-14-17-10-7-9-16-11-8-12-21-18(16)17/h7-12,15H,4-6,13-14H2,1-3H3,(H2,20,22,23). The Labute approximate surface area is 139 Å². The van der Waals surface area contributed by atoms with Crippen LogP contribution in [0.5, 0.6) is 0 Å². The minimum atomic E-state index is 0.632. The first-order chi connectivity index (χ1) is 11.3. The molecule has 0 atom stereocenters. The lowest BCUT2D eigenvalue weighted by Gasteiger charge is -2.16. The normalized spacial score (nSPS) is 11.9. The van der Waals surface area contributed by atoms with Crippen molar-refractivity contribution in [3.05, 3.63) is 42.1 Å². The third-order valence-electron chi connectivity index (χ3n) is 4.18. The van der Waals surface area contributed by atoms with Crippen molar-refractivity contribution in [3.8, 4) is 0 Å². The SMILES string of the molecule is CCNC(=NCc1cccc2cccnc12)NCC(CC)CC. The van der Waals surface area contributed by atoms with Gasteiger partial charge in [0, 0.05) is 24.7 Å². The van der Waals surface area contributed by atoms with E-state index in [9.17, 15) is 0 Å². The molecule has 2 aromatic rings. The van der Waals surface area contributed by atoms with Crippen LogP contribution in [0.2, 0.25) is 0 Å². The molecule has 0 aliphatic rings. The molecule has 1 aromatic heterocycles. The molecule has 2 N–H and O–H groups in total. The fraction of sp³-hybridized carbons (Fsp3) is 0.474. The van der Waals surface area contributed by atoms with E-state index in [0.29, 0.717) is 12.5 Å². The molecular weight excluding hydrogens is 284 g/mol. The second-order valence-electron chi connectivity index (χ2n) is 5.75. The molecule has 0 saturated carbocycles. The molecule has 4 nitrogen and oxygen atoms in total. The minimum Gasteiger partial charge on any atom is -0.357 e. The number of nitrogens with one attached hydrogen (secondary N) is 2. The fourth-order valence-corrected chi connectivity index (χ4v) is 2.62. The number of nitrogens with zero attached hydrogens (tertiary/aromatic N) is 2. The number of hydrogen-bond acceptors (Lipinski definition) is 2. The van der Waals surface area contributed by atoms with Crippen molar-refractivity contribution in [1.29, 1.82) is 0 Å². The molecular formula is C19H28N4. The van der Waals surface area contributed by atoms with Gasteiger partial charge in [-0.3, -0.25) is 4.98 Å². The number of benzene rings is 1. The average molecular weight is 312 g/mol. The lowest BCUT2D eigenvalue weighted by molar-refractivity contribution is 0.481. The van der Waals surface area contributed by atoms with Gasteiger partial charge in [0.05, 0.1) is 12.1 Å². The van der Waals surface area contributed by atoms with Gasteiger partial charge in [-0.25, -0.2) is 4.99 Å². The van der Waals surface area contributed by atoms with Gasteiger partial charge >= 0.3 is 0 Å². The highest BCUT2D eigenvalue weighted by Gasteiger charge is 2.06. The Bertz CT molecular complexity index is 627. The van der Waals surface area contributed by atoms with Gasteiger partial charge in [-0.1, -0.05) is 51.0 Å². The Morgan fingerprint density at radius 3 is 2.61 bits per heavy atom. The molecule has 2 rings (SSSR count). The van der Waals surface area contributed by atoms with Crippen LogP contribution >= 0.6 is 0 Å². The van der Waals surface area contributed by atoms with Gasteiger partial charge in [-0.15, -0.1) is 0 Å². The first-order valence-corrected chi connectivity index (χ1v) is 8.63. The van der Waals surface area contributed by atoms with Gasteiger partial charge in [0.25, 0.3) is 0 Å². The molecule has 23 heavy (non-hydrogen) atoms. The first-order valence-electron chi connectivity index (χ1n) is 8.63. The Balaban J connectivity index is 2.09. The molecule has 0 fully saturated rings. The van der Waals surface area contributed by atoms with E-state index in [2.05, 4.69) is 60.7 Å². The zero-order valence-electron chi connectivity index (χ0n) is 14.5. The van der Waals surface area contributed by atoms with Crippen LogP contribution in [0.15, 0.2) is 41.5 Å². The highest BCUT2D eigenvalue weighted by atomic mass is 15.2. The summed E-state index contributed by atoms with van der Waals surface area (Å²) in [7, 11) is 0. The van der Waals surface area contributed by atoms with E-state index in [1.807, 2.05) is 12.3 Å². The van der Waals surface area contributed by atoms with Crippen molar-refractivity contribution in [1.82, 2.24) is 15.6 Å². The van der Waals surface area contributed by atoms with E-state index in [-0.39, 0.29) is 0 Å². The van der Waals surface area contributed by atoms with Crippen LogP contribution in [0.4, 0.5) is 0 Å². The van der Waals surface area contributed by atoms with E-state index in [1.54, 1.807) is 0 Å². The van der Waals surface area contributed by atoms with Gasteiger partial charge in [-0.05, 0) is 24.5 Å². The zero-order chi connectivity index (χ0) is 16.5. The Morgan fingerprint density at radius 1 is 1.09 bits per heavy atom. The van der Waals surface area contributed by atoms with Crippen LogP contribution in [0.1, 0.15) is 39.2 Å². The summed E-state index contributed by atoms with van der Waals surface area (Å²) in [6, 6.07) is 10.3. The summed E-state index contributed by atoms with van der Waals surface area (Å²) < 4.78 is 0. The number of fused-ring (bicyclic) bond motifs is 1. The molecule has 4 heteroatoms. The number of aliphatic imine (C=N–C) groups is 1. The number of guanidine groups is 1. The second kappa shape index (κ2) is 9.13. The highest BCUT2D eigenvalue weighted by molar-refractivity contribution is 5.83. The second-order valence-corrected chi connectivity index (χ2v) is 5.75. The fourth-order valence-electron chi connectivity index (χ4n) is 2.62. The maximum atomic E-state index is 4.73. The molecule has 0 saturated heterocycles. The van der Waals surface area contributed by atoms with Crippen molar-refractivity contribution in [3.63, 3.8) is 0 Å². The molecule has 0 amide bonds. The number of aromatic nitrogens is 1. The zero-order valence-corrected chi connectivity index (χ0v) is 14.5. The summed E-state index contributed by atoms with van der Waals surface area (Å²) in [5.41, 5.74) is 2.19. The summed E-state index contributed by atoms with van der Waals surface area (Å²) in [4.78, 5) is 9.22. The Hall–Kier alpha value is -2.10. The predicted octanol–water partition coefficient (Wildman–Crippen LogP) is 3.73. The van der Waals surface area contributed by atoms with Gasteiger partial charge in [0.15, 0.2) is 5.96 Å². The average Bonchev–Trinajstić information content (AvgIpc) is 2.60. The van der Waals surface area contributed by atoms with Crippen LogP contribution in [0, 0.1) is 5.92 Å². The summed E-state index contributed by atoms with van der Waals surface area (Å²) in [5, 5.41) is 7.94. The van der Waals surface area contributed by atoms with Crippen LogP contribution < -0.4 is 10.6 Å². The van der Waals surface area contributed by atoms with E-state index in [4.69, 9.17) is 4.99 Å². The molecule has 0 aliphatic heterocycles. The van der Waals surface area contributed by atoms with Crippen molar-refractivity contribution in [2.75, 3.05) is 13.1 Å². The van der Waals surface area contributed by atoms with E-state index >= 15 is 0 Å². The molecule has 1 aromatic carbocycles. The molecule has 0 radical (unpaired) electrons. The minimum absolute atomic E-state index is 0.632. The first kappa shape index (κ1) is 17.3. The smallest absolute Gasteiger partial charge is 0.191 e. The van der Waals surface area contributed by atoms with Crippen molar-refractivity contribution >= 4 is 16.9 Å². The van der Waals surface area contributed by atoms with Gasteiger partial charge in [0.1, 0.15) is 0 Å². The molecule has 0 spiro atoms. The molecule has 0 aliphatic carbocycles. The molecule has 0 unspecified atom stereocenters. The Kier molecular flexibility index (Phi) is 6.85. The maximum Gasteiger partial charge on any atom is 0.191 e. The number of pyridine rings is 1. The Morgan fingerprint density at radius 2 is 1.87 bits per heavy atom. The summed E-state index contributed by atoms with van der Waals surface area (Å²) in [6.45, 7) is 9.03. The monoisotopic (exact) mass is 312 g/mol. The molecule has 1 heterocycles. The van der Waals surface area contributed by atoms with Gasteiger partial charge in [0.2, 0.25) is 0 Å². The van der Waals surface area contributed by atoms with Crippen LogP contribution in [-0.4, -0.2) is 24.0 Å². The third kappa shape index (κ3) is 4.95. The molecule has 0 bridgehead atoms. The lowest BCUT2D eigenvalue weighted by Crippen LogP contribution is -2.39. The lowest BCUT2D eigenvalue weighted by atomic mass is 10.0. The largest absolute Gasteiger partial charge is 0.357 e. The van der Waals surface area contributed by atoms with Crippen molar-refractivity contribution < 1.29 is 0 Å². The van der Waals surface area contributed by atoms with E-state index in [0.717, 1.165) is 35.5 Å². The topological polar surface area (TPSA) is 49.3 Å². The van der Waals surface area contributed by atoms with Gasteiger partial charge < -0.3 is 10.6 Å². The van der Waals surface area contributed by atoms with Gasteiger partial charge in [-0.2, -0.15) is 0 Å². The predicted molar refractivity (Wildman–Crippen MR) is 98.6 cm³/mol. The van der Waals surface area contributed by atoms with Crippen molar-refractivity contribution in [2.24, 2.45) is 10.9 Å². The quantitative estimate of drug-likeness (QED) is 0.605. The number of hydrogen-bond donors (Lipinski definition) is 2. The van der Waals surface area contributed by atoms with E-state index < -0.39 is 0 Å². The summed E-state index contributed by atoms with van der Waals surface area (Å²) in [6.07, 6.45) is 4.22. The van der Waals surface area contributed by atoms with Crippen molar-refractivity contribution in [2.45, 2.75) is 40.2 Å². The van der Waals surface area contributed by atoms with Crippen LogP contribution in [0.25, 0.3) is 10.9 Å². The third-order valence-corrected chi connectivity index (χ3v) is 4.18. The maximum absolute atomic E-state index is 4.73. The summed E-state index contributed by atoms with van der Waals surface area (Å²) in [5.74, 6) is 1.57. The summed E-state index contributed by atoms with van der Waals surface area (Å²) >= 11 is 0. The van der Waals surface area contributed by atoms with Crippen LogP contribution in [0.3, 0.4) is 0 Å². The van der Waals surface area contributed by atoms with E-state index in [1.165, 1.54) is 12.8 Å². The molecule has 124 valence electrons.